The van der Waals surface area contributed by atoms with E-state index in [0.717, 1.165) is 38.2 Å². The highest BCUT2D eigenvalue weighted by atomic mass is 32.1. The summed E-state index contributed by atoms with van der Waals surface area (Å²) in [4.78, 5) is 0. The average Bonchev–Trinajstić information content (AvgIpc) is 1.97. The maximum Gasteiger partial charge on any atom is 0.0554 e. The standard InChI is InChI=1S/C7H16O2S/c8-4-2-1-3-5-9-6-7-10/h8,10H,1-7H2. The zero-order valence-electron chi connectivity index (χ0n) is 6.25. The van der Waals surface area contributed by atoms with Crippen LogP contribution in [0.25, 0.3) is 0 Å². The van der Waals surface area contributed by atoms with Gasteiger partial charge < -0.3 is 9.84 Å². The van der Waals surface area contributed by atoms with E-state index < -0.39 is 0 Å². The van der Waals surface area contributed by atoms with E-state index in [2.05, 4.69) is 12.6 Å². The topological polar surface area (TPSA) is 29.5 Å². The molecule has 0 spiro atoms. The first-order valence-electron chi connectivity index (χ1n) is 3.71. The third-order valence-corrected chi connectivity index (χ3v) is 1.36. The summed E-state index contributed by atoms with van der Waals surface area (Å²) in [5.41, 5.74) is 0. The molecule has 0 aromatic heterocycles. The number of aliphatic hydroxyl groups excluding tert-OH is 1. The molecule has 0 unspecified atom stereocenters. The molecule has 0 aliphatic carbocycles. The van der Waals surface area contributed by atoms with E-state index in [1.165, 1.54) is 0 Å². The highest BCUT2D eigenvalue weighted by Crippen LogP contribution is 1.94. The number of unbranched alkanes of at least 4 members (excludes halogenated alkanes) is 2. The molecule has 3 heteroatoms. The van der Waals surface area contributed by atoms with Crippen LogP contribution in [0, 0.1) is 0 Å². The second-order valence-electron chi connectivity index (χ2n) is 2.12. The molecule has 2 nitrogen and oxygen atoms in total. The molecular formula is C7H16O2S. The van der Waals surface area contributed by atoms with Crippen molar-refractivity contribution in [3.8, 4) is 0 Å². The van der Waals surface area contributed by atoms with E-state index in [1.807, 2.05) is 0 Å². The van der Waals surface area contributed by atoms with Crippen molar-refractivity contribution in [3.63, 3.8) is 0 Å². The van der Waals surface area contributed by atoms with Gasteiger partial charge in [0.05, 0.1) is 6.61 Å². The lowest BCUT2D eigenvalue weighted by atomic mass is 10.2. The smallest absolute Gasteiger partial charge is 0.0554 e. The summed E-state index contributed by atoms with van der Waals surface area (Å²) < 4.78 is 5.17. The van der Waals surface area contributed by atoms with E-state index in [0.29, 0.717) is 6.61 Å². The zero-order valence-corrected chi connectivity index (χ0v) is 7.15. The summed E-state index contributed by atoms with van der Waals surface area (Å²) >= 11 is 4.00. The van der Waals surface area contributed by atoms with Crippen molar-refractivity contribution in [2.24, 2.45) is 0 Å². The molecule has 0 bridgehead atoms. The number of ether oxygens (including phenoxy) is 1. The molecule has 0 rings (SSSR count). The van der Waals surface area contributed by atoms with Gasteiger partial charge in [-0.25, -0.2) is 0 Å². The van der Waals surface area contributed by atoms with Gasteiger partial charge in [-0.2, -0.15) is 12.6 Å². The summed E-state index contributed by atoms with van der Waals surface area (Å²) in [6, 6.07) is 0. The van der Waals surface area contributed by atoms with E-state index in [4.69, 9.17) is 9.84 Å². The third-order valence-electron chi connectivity index (χ3n) is 1.18. The van der Waals surface area contributed by atoms with Gasteiger partial charge in [-0.15, -0.1) is 0 Å². The van der Waals surface area contributed by atoms with Gasteiger partial charge >= 0.3 is 0 Å². The van der Waals surface area contributed by atoms with Gasteiger partial charge in [0.15, 0.2) is 0 Å². The molecule has 0 aromatic carbocycles. The molecule has 0 aliphatic rings. The first-order valence-corrected chi connectivity index (χ1v) is 4.34. The molecule has 62 valence electrons. The van der Waals surface area contributed by atoms with Crippen LogP contribution in [0.2, 0.25) is 0 Å². The average molecular weight is 164 g/mol. The number of rotatable bonds is 7. The van der Waals surface area contributed by atoms with Gasteiger partial charge in [-0.3, -0.25) is 0 Å². The van der Waals surface area contributed by atoms with Crippen molar-refractivity contribution < 1.29 is 9.84 Å². The predicted molar refractivity (Wildman–Crippen MR) is 45.6 cm³/mol. The number of hydrogen-bond donors (Lipinski definition) is 2. The highest BCUT2D eigenvalue weighted by Gasteiger charge is 1.87. The van der Waals surface area contributed by atoms with Crippen molar-refractivity contribution in [1.29, 1.82) is 0 Å². The van der Waals surface area contributed by atoms with Gasteiger partial charge in [0.2, 0.25) is 0 Å². The van der Waals surface area contributed by atoms with Crippen LogP contribution in [0.1, 0.15) is 19.3 Å². The quantitative estimate of drug-likeness (QED) is 0.436. The Morgan fingerprint density at radius 3 is 2.50 bits per heavy atom. The molecule has 0 saturated carbocycles. The molecule has 0 saturated heterocycles. The van der Waals surface area contributed by atoms with Gasteiger partial charge in [0.25, 0.3) is 0 Å². The molecule has 10 heavy (non-hydrogen) atoms. The molecule has 0 aromatic rings. The molecular weight excluding hydrogens is 148 g/mol. The van der Waals surface area contributed by atoms with Crippen molar-refractivity contribution in [2.45, 2.75) is 19.3 Å². The molecule has 0 amide bonds. The Labute approximate surface area is 68.0 Å². The molecule has 1 N–H and O–H groups in total. The van der Waals surface area contributed by atoms with E-state index >= 15 is 0 Å². The summed E-state index contributed by atoms with van der Waals surface area (Å²) in [5.74, 6) is 0.792. The van der Waals surface area contributed by atoms with Crippen LogP contribution in [0.4, 0.5) is 0 Å². The summed E-state index contributed by atoms with van der Waals surface area (Å²) in [6.07, 6.45) is 3.00. The second-order valence-corrected chi connectivity index (χ2v) is 2.57. The largest absolute Gasteiger partial charge is 0.396 e. The van der Waals surface area contributed by atoms with Crippen LogP contribution in [0.3, 0.4) is 0 Å². The van der Waals surface area contributed by atoms with Crippen LogP contribution in [0.5, 0.6) is 0 Å². The third kappa shape index (κ3) is 8.27. The lowest BCUT2D eigenvalue weighted by Crippen LogP contribution is -1.98. The van der Waals surface area contributed by atoms with E-state index in [1.54, 1.807) is 0 Å². The highest BCUT2D eigenvalue weighted by molar-refractivity contribution is 7.80. The first kappa shape index (κ1) is 10.3. The SMILES string of the molecule is OCCCCCOCCS. The Balaban J connectivity index is 2.65. The second kappa shape index (κ2) is 9.27. The minimum atomic E-state index is 0.298. The Hall–Kier alpha value is 0.270. The monoisotopic (exact) mass is 164 g/mol. The number of hydrogen-bond acceptors (Lipinski definition) is 3. The maximum absolute atomic E-state index is 8.42. The van der Waals surface area contributed by atoms with Crippen LogP contribution in [-0.2, 0) is 4.74 Å². The lowest BCUT2D eigenvalue weighted by molar-refractivity contribution is 0.143. The van der Waals surface area contributed by atoms with Crippen LogP contribution in [0.15, 0.2) is 0 Å². The summed E-state index contributed by atoms with van der Waals surface area (Å²) in [6.45, 7) is 1.84. The molecule has 0 fully saturated rings. The van der Waals surface area contributed by atoms with Gasteiger partial charge in [0.1, 0.15) is 0 Å². The Bertz CT molecular complexity index is 51.6. The van der Waals surface area contributed by atoms with Crippen molar-refractivity contribution in [3.05, 3.63) is 0 Å². The minimum absolute atomic E-state index is 0.298. The molecule has 0 atom stereocenters. The number of thiol groups is 1. The van der Waals surface area contributed by atoms with Crippen molar-refractivity contribution >= 4 is 12.6 Å². The van der Waals surface area contributed by atoms with Crippen LogP contribution in [-0.4, -0.2) is 30.7 Å². The van der Waals surface area contributed by atoms with Crippen LogP contribution >= 0.6 is 12.6 Å². The van der Waals surface area contributed by atoms with Crippen molar-refractivity contribution in [2.75, 3.05) is 25.6 Å². The fourth-order valence-electron chi connectivity index (χ4n) is 0.659. The first-order chi connectivity index (χ1) is 4.91. The lowest BCUT2D eigenvalue weighted by Gasteiger charge is -1.99. The number of aliphatic hydroxyl groups is 1. The van der Waals surface area contributed by atoms with Gasteiger partial charge in [-0.1, -0.05) is 0 Å². The summed E-state index contributed by atoms with van der Waals surface area (Å²) in [7, 11) is 0. The zero-order chi connectivity index (χ0) is 7.66. The Morgan fingerprint density at radius 1 is 1.10 bits per heavy atom. The van der Waals surface area contributed by atoms with E-state index in [-0.39, 0.29) is 0 Å². The Morgan fingerprint density at radius 2 is 1.90 bits per heavy atom. The van der Waals surface area contributed by atoms with Gasteiger partial charge in [0, 0.05) is 19.0 Å². The van der Waals surface area contributed by atoms with E-state index in [9.17, 15) is 0 Å². The normalized spacial score (nSPS) is 10.2. The molecule has 0 heterocycles. The van der Waals surface area contributed by atoms with Crippen LogP contribution < -0.4 is 0 Å². The summed E-state index contributed by atoms with van der Waals surface area (Å²) in [5, 5.41) is 8.42. The fourth-order valence-corrected chi connectivity index (χ4v) is 0.788. The molecule has 0 aliphatic heterocycles. The minimum Gasteiger partial charge on any atom is -0.396 e. The maximum atomic E-state index is 8.42. The Kier molecular flexibility index (Phi) is 9.52. The van der Waals surface area contributed by atoms with Gasteiger partial charge in [-0.05, 0) is 19.3 Å². The fraction of sp³-hybridized carbons (Fsp3) is 1.00. The van der Waals surface area contributed by atoms with Crippen molar-refractivity contribution in [1.82, 2.24) is 0 Å². The predicted octanol–water partition coefficient (Wildman–Crippen LogP) is 1.10. The molecule has 0 radical (unpaired) electrons.